The van der Waals surface area contributed by atoms with E-state index in [1.807, 2.05) is 133 Å². The molecule has 0 unspecified atom stereocenters. The average molecular weight is 1240 g/mol. The quantitative estimate of drug-likeness (QED) is 0.118. The van der Waals surface area contributed by atoms with Crippen molar-refractivity contribution >= 4 is 81.9 Å². The van der Waals surface area contributed by atoms with Gasteiger partial charge in [0.05, 0.1) is 28.2 Å². The van der Waals surface area contributed by atoms with Gasteiger partial charge in [-0.25, -0.2) is 9.37 Å². The van der Waals surface area contributed by atoms with Gasteiger partial charge in [0.1, 0.15) is 10.6 Å². The van der Waals surface area contributed by atoms with Crippen molar-refractivity contribution in [3.05, 3.63) is 235 Å². The van der Waals surface area contributed by atoms with Crippen molar-refractivity contribution in [3.63, 3.8) is 0 Å². The van der Waals surface area contributed by atoms with Gasteiger partial charge in [-0.3, -0.25) is 4.98 Å². The van der Waals surface area contributed by atoms with Gasteiger partial charge in [-0.2, -0.15) is 11.3 Å². The van der Waals surface area contributed by atoms with E-state index in [1.54, 1.807) is 47.9 Å². The molecular formula is C66H48F2GeIrN4S-2. The van der Waals surface area contributed by atoms with Gasteiger partial charge in [0, 0.05) is 56.9 Å². The number of imidazole rings is 1. The standard InChI is InChI=1S/C45H27FN3S.C21H21FGeN.Ir/c1-27-22-24-29(25-23-27)41-32-16-7-6-15-31(32)40-34-18-11-19-35(43(34)50-45(40)48-41)44-47-38-20-9-10-21-39(38)49(44)42-33-17-8-5-14-30(33)37(46)26-36(42)28-12-3-2-4-13-28;1-15-12-21(24-14-20(15)23(2,3)4)17-10-11-19(22)18(13-17)16-8-6-5-7-9-16;/h2-18,20-26H,1H3;5-9,11-14H,1-4H3;/q2*-1;/i2*1D3;. The summed E-state index contributed by atoms with van der Waals surface area (Å²) in [5.74, 6) is 6.47. The van der Waals surface area contributed by atoms with E-state index in [-0.39, 0.29) is 31.7 Å². The fourth-order valence-electron chi connectivity index (χ4n) is 9.95. The molecule has 367 valence electrons. The van der Waals surface area contributed by atoms with Crippen molar-refractivity contribution in [2.45, 2.75) is 31.0 Å². The molecule has 4 nitrogen and oxygen atoms in total. The monoisotopic (exact) mass is 1240 g/mol. The molecule has 13 aromatic rings. The number of fused-ring (bicyclic) bond motifs is 7. The van der Waals surface area contributed by atoms with Gasteiger partial charge in [-0.15, -0.1) is 18.2 Å². The zero-order valence-electron chi connectivity index (χ0n) is 46.8. The Hall–Kier alpha value is -7.46. The first kappa shape index (κ1) is 42.9. The van der Waals surface area contributed by atoms with Crippen LogP contribution in [0.2, 0.25) is 17.3 Å². The third-order valence-corrected chi connectivity index (χ3v) is 18.8. The second kappa shape index (κ2) is 20.3. The van der Waals surface area contributed by atoms with Crippen molar-refractivity contribution in [1.82, 2.24) is 19.5 Å². The zero-order valence-corrected chi connectivity index (χ0v) is 46.1. The molecule has 13 rings (SSSR count). The fraction of sp³-hybridized carbons (Fsp3) is 0.0758. The van der Waals surface area contributed by atoms with Crippen molar-refractivity contribution in [2.75, 3.05) is 0 Å². The van der Waals surface area contributed by atoms with Crippen LogP contribution in [0, 0.1) is 37.5 Å². The zero-order chi connectivity index (χ0) is 55.7. The van der Waals surface area contributed by atoms with Gasteiger partial charge < -0.3 is 4.57 Å². The van der Waals surface area contributed by atoms with Gasteiger partial charge >= 0.3 is 150 Å². The van der Waals surface area contributed by atoms with Crippen LogP contribution >= 0.6 is 11.3 Å². The van der Waals surface area contributed by atoms with Gasteiger partial charge in [0.25, 0.3) is 0 Å². The number of hydrogen-bond acceptors (Lipinski definition) is 4. The van der Waals surface area contributed by atoms with Crippen molar-refractivity contribution in [3.8, 4) is 61.8 Å². The molecule has 0 bridgehead atoms. The normalized spacial score (nSPS) is 13.1. The number of thiophene rings is 1. The van der Waals surface area contributed by atoms with E-state index in [0.717, 1.165) is 91.1 Å². The molecular weight excluding hydrogens is 1180 g/mol. The number of pyridine rings is 2. The molecule has 4 heterocycles. The molecule has 0 saturated carbocycles. The Labute approximate surface area is 463 Å². The second-order valence-electron chi connectivity index (χ2n) is 19.2. The summed E-state index contributed by atoms with van der Waals surface area (Å²) in [6, 6.07) is 66.8. The molecule has 0 atom stereocenters. The summed E-state index contributed by atoms with van der Waals surface area (Å²) >= 11 is -0.822. The Kier molecular flexibility index (Phi) is 11.6. The molecule has 75 heavy (non-hydrogen) atoms. The van der Waals surface area contributed by atoms with Crippen LogP contribution < -0.4 is 4.40 Å². The number of aryl methyl sites for hydroxylation is 2. The summed E-state index contributed by atoms with van der Waals surface area (Å²) in [5.41, 5.74) is 9.58. The first-order chi connectivity index (χ1) is 38.4. The number of hydrogen-bond donors (Lipinski definition) is 0. The summed E-state index contributed by atoms with van der Waals surface area (Å²) in [4.78, 5) is 15.9. The van der Waals surface area contributed by atoms with Crippen LogP contribution in [0.15, 0.2) is 200 Å². The molecule has 4 aromatic heterocycles. The van der Waals surface area contributed by atoms with Crippen LogP contribution in [0.4, 0.5) is 8.78 Å². The summed E-state index contributed by atoms with van der Waals surface area (Å²) in [5, 5.41) is 5.43. The van der Waals surface area contributed by atoms with Gasteiger partial charge in [-0.1, -0.05) is 132 Å². The average Bonchev–Trinajstić information content (AvgIpc) is 3.11. The second-order valence-corrected chi connectivity index (χ2v) is 30.8. The van der Waals surface area contributed by atoms with E-state index in [9.17, 15) is 4.39 Å². The molecule has 0 saturated heterocycles. The maximum Gasteiger partial charge on any atom is 0.131 e. The van der Waals surface area contributed by atoms with Crippen LogP contribution in [0.25, 0.3) is 115 Å². The summed E-state index contributed by atoms with van der Waals surface area (Å²) in [7, 11) is 0. The summed E-state index contributed by atoms with van der Waals surface area (Å²) in [6.45, 7) is -4.40. The van der Waals surface area contributed by atoms with E-state index < -0.39 is 27.0 Å². The maximum atomic E-state index is 15.9. The number of halogens is 2. The predicted octanol–water partition coefficient (Wildman–Crippen LogP) is 17.5. The molecule has 0 aliphatic heterocycles. The number of rotatable bonds is 7. The Bertz CT molecular complexity index is 4520. The van der Waals surface area contributed by atoms with E-state index in [0.29, 0.717) is 39.2 Å². The van der Waals surface area contributed by atoms with Crippen molar-refractivity contribution in [2.24, 2.45) is 0 Å². The van der Waals surface area contributed by atoms with E-state index in [2.05, 4.69) is 63.2 Å². The molecule has 0 N–H and O–H groups in total. The Morgan fingerprint density at radius 2 is 1.27 bits per heavy atom. The topological polar surface area (TPSA) is 43.6 Å². The molecule has 9 heteroatoms. The molecule has 9 aromatic carbocycles. The maximum absolute atomic E-state index is 15.9. The molecule has 0 spiro atoms. The molecule has 0 fully saturated rings. The van der Waals surface area contributed by atoms with E-state index >= 15 is 4.39 Å². The van der Waals surface area contributed by atoms with E-state index in [4.69, 9.17) is 18.2 Å². The summed E-state index contributed by atoms with van der Waals surface area (Å²) < 4.78 is 81.6. The number of para-hydroxylation sites is 2. The van der Waals surface area contributed by atoms with Crippen LogP contribution in [0.3, 0.4) is 0 Å². The third kappa shape index (κ3) is 9.20. The van der Waals surface area contributed by atoms with Gasteiger partial charge in [-0.05, 0) is 40.7 Å². The van der Waals surface area contributed by atoms with Crippen LogP contribution in [0.5, 0.6) is 0 Å². The third-order valence-electron chi connectivity index (χ3n) is 13.5. The van der Waals surface area contributed by atoms with Crippen molar-refractivity contribution in [1.29, 1.82) is 0 Å². The number of nitrogens with zero attached hydrogens (tertiary/aromatic N) is 4. The largest absolute Gasteiger partial charge is 0.332 e. The smallest absolute Gasteiger partial charge is 0.131 e. The molecule has 0 amide bonds. The molecule has 0 aliphatic carbocycles. The first-order valence-electron chi connectivity index (χ1n) is 27.2. The van der Waals surface area contributed by atoms with Gasteiger partial charge in [0.2, 0.25) is 0 Å². The molecule has 0 aliphatic rings. The number of aromatic nitrogens is 4. The minimum atomic E-state index is -2.41. The minimum Gasteiger partial charge on any atom is -0.332 e. The Balaban J connectivity index is 0.000000209. The Morgan fingerprint density at radius 1 is 0.600 bits per heavy atom. The fourth-order valence-corrected chi connectivity index (χ4v) is 13.9. The minimum absolute atomic E-state index is 0. The van der Waals surface area contributed by atoms with Crippen LogP contribution in [-0.4, -0.2) is 32.8 Å². The predicted molar refractivity (Wildman–Crippen MR) is 308 cm³/mol. The van der Waals surface area contributed by atoms with Gasteiger partial charge in [0.15, 0.2) is 0 Å². The Morgan fingerprint density at radius 3 is 1.99 bits per heavy atom. The first-order valence-corrected chi connectivity index (χ1v) is 32.4. The number of benzene rings is 9. The van der Waals surface area contributed by atoms with Crippen molar-refractivity contribution < 1.29 is 37.1 Å². The van der Waals surface area contributed by atoms with E-state index in [1.165, 1.54) is 6.07 Å². The van der Waals surface area contributed by atoms with Crippen LogP contribution in [-0.2, 0) is 20.1 Å². The SMILES string of the molecule is [2H]C([2H])([2H])c1cc(-c2[c-]cc(F)c(-c3ccccc3)c2)nc[c]1[Ge]([CH3])([CH3])[CH3].[2H]C([2H])([2H])c1ccc(-c2nc3sc4c(-c5nc6ccccc6n5-c5c(-c6ccccc6)cc(F)c6ccccc56)[c-]ccc4c3c3ccccc23)cc1.[Ir]. The van der Waals surface area contributed by atoms with Crippen LogP contribution in [0.1, 0.15) is 19.4 Å². The molecule has 1 radical (unpaired) electrons. The summed E-state index contributed by atoms with van der Waals surface area (Å²) in [6.07, 6.45) is 1.69.